The molecule has 0 radical (unpaired) electrons. The highest BCUT2D eigenvalue weighted by Crippen LogP contribution is 2.63. The number of oxime groups is 1. The summed E-state index contributed by atoms with van der Waals surface area (Å²) in [5.41, 5.74) is 0.466. The van der Waals surface area contributed by atoms with Crippen LogP contribution in [-0.2, 0) is 43.3 Å². The quantitative estimate of drug-likeness (QED) is 0.122. The van der Waals surface area contributed by atoms with Gasteiger partial charge in [-0.05, 0) is 112 Å². The Morgan fingerprint density at radius 3 is 1.72 bits per heavy atom. The number of fused-ring (bicyclic) bond motifs is 4. The Balaban J connectivity index is 1.02. The van der Waals surface area contributed by atoms with Gasteiger partial charge in [0.1, 0.15) is 6.10 Å². The van der Waals surface area contributed by atoms with Crippen LogP contribution in [0.25, 0.3) is 0 Å². The first-order valence-corrected chi connectivity index (χ1v) is 21.5. The Bertz CT molecular complexity index is 1810. The maximum Gasteiger partial charge on any atom is 0.445 e. The van der Waals surface area contributed by atoms with Crippen molar-refractivity contribution in [2.45, 2.75) is 147 Å². The van der Waals surface area contributed by atoms with Crippen molar-refractivity contribution in [2.24, 2.45) is 52.5 Å². The average Bonchev–Trinajstić information content (AvgIpc) is 3.59. The SMILES string of the molecule is C[C@H]1[C@@H](/C(C[C@H]2O[C@@H]3O[C@@]4(C)CC[C@H]5[C@H](C)CC[C@@H]([C@H]2C)[C@@]35OO4)=N\OC(=O)N(c2ccccc2)c2ccccc2)O[C@@H]2O[C@@]3(C)CC[C@H]4[C@H](C)CC[C@@H]1[C@@]24OO3. The number of amides is 1. The number of hydrogen-bond acceptors (Lipinski definition) is 11. The minimum absolute atomic E-state index is 0.0443. The molecule has 12 heteroatoms. The second-order valence-corrected chi connectivity index (χ2v) is 18.9. The molecule has 2 aromatic rings. The highest BCUT2D eigenvalue weighted by Gasteiger charge is 2.71. The van der Waals surface area contributed by atoms with Crippen molar-refractivity contribution in [3.63, 3.8) is 0 Å². The molecule has 0 unspecified atom stereocenters. The summed E-state index contributed by atoms with van der Waals surface area (Å²) in [5, 5.41) is 4.83. The molecule has 8 aliphatic heterocycles. The van der Waals surface area contributed by atoms with E-state index in [2.05, 4.69) is 27.7 Å². The van der Waals surface area contributed by atoms with Gasteiger partial charge < -0.3 is 18.9 Å². The second-order valence-electron chi connectivity index (χ2n) is 18.9. The van der Waals surface area contributed by atoms with E-state index in [-0.39, 0.29) is 41.6 Å². The summed E-state index contributed by atoms with van der Waals surface area (Å²) in [4.78, 5) is 47.1. The van der Waals surface area contributed by atoms with Gasteiger partial charge in [-0.1, -0.05) is 69.2 Å². The summed E-state index contributed by atoms with van der Waals surface area (Å²) in [6, 6.07) is 18.9. The topological polar surface area (TPSA) is 116 Å². The molecule has 8 heterocycles. The van der Waals surface area contributed by atoms with Crippen molar-refractivity contribution in [3.8, 4) is 0 Å². The zero-order valence-corrected chi connectivity index (χ0v) is 34.0. The number of nitrogens with zero attached hydrogens (tertiary/aromatic N) is 2. The van der Waals surface area contributed by atoms with Gasteiger partial charge in [-0.15, -0.1) is 0 Å². The van der Waals surface area contributed by atoms with Crippen LogP contribution in [0.2, 0.25) is 0 Å². The molecule has 308 valence electrons. The number of para-hydroxylation sites is 2. The van der Waals surface area contributed by atoms with Gasteiger partial charge in [0, 0.05) is 31.1 Å². The van der Waals surface area contributed by atoms with E-state index < -0.39 is 47.6 Å². The lowest BCUT2D eigenvalue weighted by molar-refractivity contribution is -0.571. The molecule has 2 aromatic carbocycles. The molecule has 2 saturated carbocycles. The summed E-state index contributed by atoms with van der Waals surface area (Å²) in [6.07, 6.45) is 4.91. The number of anilines is 2. The van der Waals surface area contributed by atoms with E-state index in [1.165, 1.54) is 4.90 Å². The molecule has 4 bridgehead atoms. The first-order chi connectivity index (χ1) is 27.4. The largest absolute Gasteiger partial charge is 0.445 e. The summed E-state index contributed by atoms with van der Waals surface area (Å²) in [7, 11) is 0. The van der Waals surface area contributed by atoms with Gasteiger partial charge in [-0.25, -0.2) is 29.2 Å². The van der Waals surface area contributed by atoms with Crippen LogP contribution in [0, 0.1) is 47.3 Å². The number of carbonyl (C=O) groups is 1. The van der Waals surface area contributed by atoms with E-state index in [1.54, 1.807) is 0 Å². The van der Waals surface area contributed by atoms with Crippen LogP contribution in [0.15, 0.2) is 65.8 Å². The van der Waals surface area contributed by atoms with E-state index >= 15 is 0 Å². The Morgan fingerprint density at radius 2 is 1.18 bits per heavy atom. The normalized spacial score (nSPS) is 47.2. The van der Waals surface area contributed by atoms with Crippen LogP contribution in [-0.4, -0.2) is 59.4 Å². The molecule has 12 rings (SSSR count). The molecule has 12 nitrogen and oxygen atoms in total. The van der Waals surface area contributed by atoms with E-state index in [0.717, 1.165) is 44.9 Å². The zero-order valence-electron chi connectivity index (χ0n) is 34.0. The molecule has 10 aliphatic rings. The van der Waals surface area contributed by atoms with Gasteiger partial charge in [-0.2, -0.15) is 0 Å². The third kappa shape index (κ3) is 5.98. The molecule has 1 amide bonds. The maximum atomic E-state index is 14.3. The van der Waals surface area contributed by atoms with Crippen molar-refractivity contribution in [2.75, 3.05) is 4.90 Å². The molecule has 2 aliphatic carbocycles. The van der Waals surface area contributed by atoms with Crippen LogP contribution in [0.3, 0.4) is 0 Å². The van der Waals surface area contributed by atoms with Crippen LogP contribution in [0.4, 0.5) is 16.2 Å². The fraction of sp³-hybridized carbons (Fsp3) is 0.689. The fourth-order valence-electron chi connectivity index (χ4n) is 12.6. The molecular formula is C45H58N2O10. The minimum atomic E-state index is -0.934. The summed E-state index contributed by atoms with van der Waals surface area (Å²) < 4.78 is 27.8. The van der Waals surface area contributed by atoms with Gasteiger partial charge >= 0.3 is 6.09 Å². The molecule has 10 fully saturated rings. The van der Waals surface area contributed by atoms with Gasteiger partial charge in [0.2, 0.25) is 11.6 Å². The molecule has 8 saturated heterocycles. The van der Waals surface area contributed by atoms with Gasteiger partial charge in [-0.3, -0.25) is 4.84 Å². The number of ether oxygens (including phenoxy) is 4. The standard InChI is InChI=1S/C45H58N2O10/c1-26-17-19-34-28(3)37(49-39-44(34)32(26)21-23-42(5,51-39)54-56-44)25-36(46-53-41(48)47(30-13-9-7-10-14-30)31-15-11-8-12-16-31)38-29(4)35-20-18-27(2)33-22-24-43(6)52-40(50-38)45(33,35)57-55-43/h7-16,26-29,32-35,37-40H,17-25H2,1-6H3/b46-36-/t26-,27-,28-,29-,32+,33+,34+,35+,37-,38+,39-,40-,42-,43-,44-,45-/m1/s1. The number of carbonyl (C=O) groups excluding carboxylic acids is 1. The highest BCUT2D eigenvalue weighted by atomic mass is 17.3. The van der Waals surface area contributed by atoms with E-state index in [1.807, 2.05) is 74.5 Å². The van der Waals surface area contributed by atoms with Crippen LogP contribution in [0.1, 0.15) is 99.3 Å². The van der Waals surface area contributed by atoms with Gasteiger partial charge in [0.05, 0.1) is 23.2 Å². The molecule has 0 aromatic heterocycles. The number of rotatable bonds is 6. The molecule has 57 heavy (non-hydrogen) atoms. The highest BCUT2D eigenvalue weighted by molar-refractivity contribution is 5.97. The monoisotopic (exact) mass is 786 g/mol. The van der Waals surface area contributed by atoms with E-state index in [4.69, 9.17) is 48.5 Å². The third-order valence-electron chi connectivity index (χ3n) is 15.6. The number of hydrogen-bond donors (Lipinski definition) is 0. The zero-order chi connectivity index (χ0) is 39.3. The second kappa shape index (κ2) is 14.1. The lowest BCUT2D eigenvalue weighted by Gasteiger charge is -2.61. The summed E-state index contributed by atoms with van der Waals surface area (Å²) in [6.45, 7) is 13.0. The van der Waals surface area contributed by atoms with Crippen molar-refractivity contribution < 1.29 is 48.1 Å². The van der Waals surface area contributed by atoms with Gasteiger partial charge in [0.25, 0.3) is 0 Å². The first-order valence-electron chi connectivity index (χ1n) is 21.5. The first kappa shape index (κ1) is 38.3. The smallest absolute Gasteiger partial charge is 0.345 e. The molecule has 2 spiro atoms. The van der Waals surface area contributed by atoms with E-state index in [9.17, 15) is 4.79 Å². The predicted molar refractivity (Wildman–Crippen MR) is 207 cm³/mol. The Morgan fingerprint density at radius 1 is 0.667 bits per heavy atom. The lowest BCUT2D eigenvalue weighted by atomic mass is 9.56. The van der Waals surface area contributed by atoms with Crippen molar-refractivity contribution in [1.82, 2.24) is 0 Å². The molecule has 0 N–H and O–H groups in total. The average molecular weight is 787 g/mol. The minimum Gasteiger partial charge on any atom is -0.345 e. The molecule has 16 atom stereocenters. The van der Waals surface area contributed by atoms with Crippen molar-refractivity contribution >= 4 is 23.2 Å². The van der Waals surface area contributed by atoms with E-state index in [0.29, 0.717) is 41.8 Å². The van der Waals surface area contributed by atoms with Crippen LogP contribution in [0.5, 0.6) is 0 Å². The number of benzene rings is 2. The Kier molecular flexibility index (Phi) is 9.45. The Hall–Kier alpha value is -2.94. The van der Waals surface area contributed by atoms with Gasteiger partial charge in [0.15, 0.2) is 23.8 Å². The summed E-state index contributed by atoms with van der Waals surface area (Å²) in [5.74, 6) is -0.352. The van der Waals surface area contributed by atoms with Crippen LogP contribution >= 0.6 is 0 Å². The Labute approximate surface area is 335 Å². The van der Waals surface area contributed by atoms with Crippen molar-refractivity contribution in [3.05, 3.63) is 60.7 Å². The molecular weight excluding hydrogens is 728 g/mol. The predicted octanol–water partition coefficient (Wildman–Crippen LogP) is 9.21. The maximum absolute atomic E-state index is 14.3. The van der Waals surface area contributed by atoms with Crippen LogP contribution < -0.4 is 4.90 Å². The van der Waals surface area contributed by atoms with Crippen molar-refractivity contribution in [1.29, 1.82) is 0 Å². The fourth-order valence-corrected chi connectivity index (χ4v) is 12.6. The lowest BCUT2D eigenvalue weighted by Crippen LogP contribution is -2.71. The summed E-state index contributed by atoms with van der Waals surface area (Å²) >= 11 is 0. The third-order valence-corrected chi connectivity index (χ3v) is 15.6.